The van der Waals surface area contributed by atoms with Gasteiger partial charge in [0.15, 0.2) is 23.0 Å². The molecule has 1 saturated heterocycles. The Morgan fingerprint density at radius 1 is 0.897 bits per heavy atom. The summed E-state index contributed by atoms with van der Waals surface area (Å²) in [6.07, 6.45) is 1.28. The molecule has 0 saturated carbocycles. The zero-order valence-electron chi connectivity index (χ0n) is 17.2. The van der Waals surface area contributed by atoms with Crippen LogP contribution in [0, 0.1) is 0 Å². The highest BCUT2D eigenvalue weighted by atomic mass is 16.5. The third-order valence-electron chi connectivity index (χ3n) is 4.73. The van der Waals surface area contributed by atoms with Crippen LogP contribution < -0.4 is 18.9 Å². The number of hydrazone groups is 1. The predicted octanol–water partition coefficient (Wildman–Crippen LogP) is 2.53. The van der Waals surface area contributed by atoms with Crippen LogP contribution in [0.15, 0.2) is 41.5 Å². The Bertz CT molecular complexity index is 915. The number of carbonyl (C=O) groups is 1. The lowest BCUT2D eigenvalue weighted by Crippen LogP contribution is -2.26. The summed E-state index contributed by atoms with van der Waals surface area (Å²) in [5.41, 5.74) is 1.66. The van der Waals surface area contributed by atoms with E-state index in [1.807, 2.05) is 36.2 Å². The average Bonchev–Trinajstić information content (AvgIpc) is 3.04. The standard InChI is InChI=1S/C21H25N3O5/c1-23-13-20(25)24(21(23)15-7-9-17(27-3)19(11-15)29-5)22-12-14-6-8-16(26-2)18(10-14)28-4/h6-12,21H,13H2,1-5H3. The molecule has 0 N–H and O–H groups in total. The van der Waals surface area contributed by atoms with E-state index in [1.54, 1.807) is 46.8 Å². The molecule has 1 fully saturated rings. The number of hydrogen-bond donors (Lipinski definition) is 0. The van der Waals surface area contributed by atoms with Gasteiger partial charge in [-0.3, -0.25) is 9.69 Å². The smallest absolute Gasteiger partial charge is 0.258 e. The number of rotatable bonds is 7. The summed E-state index contributed by atoms with van der Waals surface area (Å²) in [6, 6.07) is 11.0. The van der Waals surface area contributed by atoms with Crippen LogP contribution >= 0.6 is 0 Å². The first-order valence-electron chi connectivity index (χ1n) is 9.02. The predicted molar refractivity (Wildman–Crippen MR) is 109 cm³/mol. The van der Waals surface area contributed by atoms with Crippen molar-refractivity contribution in [3.8, 4) is 23.0 Å². The third kappa shape index (κ3) is 4.12. The van der Waals surface area contributed by atoms with Crippen LogP contribution in [0.3, 0.4) is 0 Å². The molecule has 2 aromatic rings. The Hall–Kier alpha value is -3.26. The van der Waals surface area contributed by atoms with Crippen molar-refractivity contribution in [1.29, 1.82) is 0 Å². The summed E-state index contributed by atoms with van der Waals surface area (Å²) in [4.78, 5) is 14.5. The molecule has 1 aliphatic rings. The zero-order chi connectivity index (χ0) is 21.0. The zero-order valence-corrected chi connectivity index (χ0v) is 17.2. The van der Waals surface area contributed by atoms with Crippen molar-refractivity contribution in [2.45, 2.75) is 6.17 Å². The molecule has 1 aliphatic heterocycles. The molecule has 0 aliphatic carbocycles. The van der Waals surface area contributed by atoms with E-state index in [9.17, 15) is 4.79 Å². The van der Waals surface area contributed by atoms with Gasteiger partial charge in [-0.25, -0.2) is 5.01 Å². The van der Waals surface area contributed by atoms with E-state index < -0.39 is 0 Å². The van der Waals surface area contributed by atoms with Crippen molar-refractivity contribution >= 4 is 12.1 Å². The quantitative estimate of drug-likeness (QED) is 0.667. The van der Waals surface area contributed by atoms with E-state index in [2.05, 4.69) is 5.10 Å². The lowest BCUT2D eigenvalue weighted by atomic mass is 10.1. The van der Waals surface area contributed by atoms with Crippen LogP contribution in [-0.2, 0) is 4.79 Å². The van der Waals surface area contributed by atoms with Crippen molar-refractivity contribution in [2.24, 2.45) is 5.10 Å². The Labute approximate surface area is 170 Å². The summed E-state index contributed by atoms with van der Waals surface area (Å²) in [7, 11) is 8.20. The Morgan fingerprint density at radius 2 is 1.48 bits per heavy atom. The van der Waals surface area contributed by atoms with Crippen molar-refractivity contribution in [3.63, 3.8) is 0 Å². The van der Waals surface area contributed by atoms with Gasteiger partial charge in [0.05, 0.1) is 41.2 Å². The van der Waals surface area contributed by atoms with E-state index in [0.29, 0.717) is 23.0 Å². The van der Waals surface area contributed by atoms with Gasteiger partial charge in [0.1, 0.15) is 6.17 Å². The molecule has 2 aromatic carbocycles. The number of carbonyl (C=O) groups excluding carboxylic acids is 1. The lowest BCUT2D eigenvalue weighted by Gasteiger charge is -2.25. The topological polar surface area (TPSA) is 72.8 Å². The van der Waals surface area contributed by atoms with Crippen molar-refractivity contribution < 1.29 is 23.7 Å². The SMILES string of the molecule is COc1ccc(C=NN2C(=O)CN(C)C2c2ccc(OC)c(OC)c2)cc1OC. The summed E-state index contributed by atoms with van der Waals surface area (Å²) >= 11 is 0. The highest BCUT2D eigenvalue weighted by Gasteiger charge is 2.37. The normalized spacial score (nSPS) is 17.1. The van der Waals surface area contributed by atoms with Crippen LogP contribution in [0.4, 0.5) is 0 Å². The second kappa shape index (κ2) is 8.83. The molecule has 1 heterocycles. The van der Waals surface area contributed by atoms with Gasteiger partial charge >= 0.3 is 0 Å². The van der Waals surface area contributed by atoms with Gasteiger partial charge in [0.25, 0.3) is 5.91 Å². The highest BCUT2D eigenvalue weighted by Crippen LogP contribution is 2.35. The molecule has 0 radical (unpaired) electrons. The van der Waals surface area contributed by atoms with Crippen molar-refractivity contribution in [3.05, 3.63) is 47.5 Å². The minimum atomic E-state index is -0.348. The molecule has 0 bridgehead atoms. The second-order valence-electron chi connectivity index (χ2n) is 6.50. The van der Waals surface area contributed by atoms with E-state index in [-0.39, 0.29) is 18.6 Å². The summed E-state index contributed by atoms with van der Waals surface area (Å²) in [5, 5.41) is 5.93. The number of nitrogens with zero attached hydrogens (tertiary/aromatic N) is 3. The van der Waals surface area contributed by atoms with Gasteiger partial charge in [-0.15, -0.1) is 0 Å². The molecule has 154 valence electrons. The second-order valence-corrected chi connectivity index (χ2v) is 6.50. The maximum absolute atomic E-state index is 12.6. The van der Waals surface area contributed by atoms with Crippen LogP contribution in [-0.4, -0.2) is 64.1 Å². The summed E-state index contributed by atoms with van der Waals surface area (Å²) in [5.74, 6) is 2.36. The summed E-state index contributed by atoms with van der Waals surface area (Å²) < 4.78 is 21.3. The van der Waals surface area contributed by atoms with Crippen LogP contribution in [0.1, 0.15) is 17.3 Å². The number of ether oxygens (including phenoxy) is 4. The van der Waals surface area contributed by atoms with Crippen molar-refractivity contribution in [2.75, 3.05) is 42.0 Å². The first kappa shape index (κ1) is 20.5. The number of amides is 1. The molecule has 1 atom stereocenters. The van der Waals surface area contributed by atoms with E-state index in [0.717, 1.165) is 11.1 Å². The number of methoxy groups -OCH3 is 4. The molecule has 8 nitrogen and oxygen atoms in total. The van der Waals surface area contributed by atoms with Gasteiger partial charge in [0.2, 0.25) is 0 Å². The molecule has 0 spiro atoms. The minimum absolute atomic E-state index is 0.0935. The van der Waals surface area contributed by atoms with Gasteiger partial charge < -0.3 is 18.9 Å². The van der Waals surface area contributed by atoms with Gasteiger partial charge in [-0.1, -0.05) is 6.07 Å². The third-order valence-corrected chi connectivity index (χ3v) is 4.73. The van der Waals surface area contributed by atoms with Crippen LogP contribution in [0.2, 0.25) is 0 Å². The maximum Gasteiger partial charge on any atom is 0.258 e. The minimum Gasteiger partial charge on any atom is -0.493 e. The first-order valence-corrected chi connectivity index (χ1v) is 9.02. The monoisotopic (exact) mass is 399 g/mol. The van der Waals surface area contributed by atoms with E-state index in [4.69, 9.17) is 18.9 Å². The first-order chi connectivity index (χ1) is 14.0. The Balaban J connectivity index is 1.91. The number of hydrogen-bond acceptors (Lipinski definition) is 7. The molecule has 1 amide bonds. The van der Waals surface area contributed by atoms with Crippen molar-refractivity contribution in [1.82, 2.24) is 9.91 Å². The average molecular weight is 399 g/mol. The van der Waals surface area contributed by atoms with E-state index in [1.165, 1.54) is 5.01 Å². The fourth-order valence-corrected chi connectivity index (χ4v) is 3.29. The fraction of sp³-hybridized carbons (Fsp3) is 0.333. The molecular weight excluding hydrogens is 374 g/mol. The van der Waals surface area contributed by atoms with E-state index >= 15 is 0 Å². The number of benzene rings is 2. The molecule has 0 aromatic heterocycles. The Kier molecular flexibility index (Phi) is 6.23. The number of likely N-dealkylation sites (N-methyl/N-ethyl adjacent to an activating group) is 1. The molecule has 1 unspecified atom stereocenters. The van der Waals surface area contributed by atoms with Gasteiger partial charge in [-0.2, -0.15) is 5.10 Å². The van der Waals surface area contributed by atoms with Gasteiger partial charge in [0, 0.05) is 0 Å². The largest absolute Gasteiger partial charge is 0.493 e. The van der Waals surface area contributed by atoms with Crippen LogP contribution in [0.25, 0.3) is 0 Å². The van der Waals surface area contributed by atoms with Gasteiger partial charge in [-0.05, 0) is 48.5 Å². The highest BCUT2D eigenvalue weighted by molar-refractivity contribution is 5.85. The van der Waals surface area contributed by atoms with Crippen LogP contribution in [0.5, 0.6) is 23.0 Å². The molecule has 8 heteroatoms. The summed E-state index contributed by atoms with van der Waals surface area (Å²) in [6.45, 7) is 0.266. The Morgan fingerprint density at radius 3 is 2.10 bits per heavy atom. The fourth-order valence-electron chi connectivity index (χ4n) is 3.29. The molecular formula is C21H25N3O5. The molecule has 3 rings (SSSR count). The molecule has 29 heavy (non-hydrogen) atoms. The lowest BCUT2D eigenvalue weighted by molar-refractivity contribution is -0.128. The maximum atomic E-state index is 12.6.